The van der Waals surface area contributed by atoms with Gasteiger partial charge in [-0.2, -0.15) is 0 Å². The molecule has 4 nitrogen and oxygen atoms in total. The Balaban J connectivity index is 1.46. The zero-order valence-electron chi connectivity index (χ0n) is 14.2. The predicted octanol–water partition coefficient (Wildman–Crippen LogP) is 4.52. The van der Waals surface area contributed by atoms with Crippen molar-refractivity contribution in [2.45, 2.75) is 6.42 Å². The van der Waals surface area contributed by atoms with Crippen molar-refractivity contribution >= 4 is 34.9 Å². The van der Waals surface area contributed by atoms with Crippen molar-refractivity contribution in [2.75, 3.05) is 38.0 Å². The van der Waals surface area contributed by atoms with Crippen LogP contribution in [0.15, 0.2) is 42.5 Å². The lowest BCUT2D eigenvalue weighted by Gasteiger charge is -2.34. The van der Waals surface area contributed by atoms with E-state index in [-0.39, 0.29) is 11.8 Å². The first-order chi connectivity index (χ1) is 12.5. The number of carbonyl (C=O) groups excluding carboxylic acids is 1. The molecule has 2 aromatic rings. The Labute approximate surface area is 162 Å². The van der Waals surface area contributed by atoms with Crippen LogP contribution in [0.2, 0.25) is 10.0 Å². The molecule has 2 amide bonds. The van der Waals surface area contributed by atoms with E-state index in [4.69, 9.17) is 23.2 Å². The molecule has 1 heterocycles. The number of nitrogens with one attached hydrogen (secondary N) is 1. The van der Waals surface area contributed by atoms with Crippen LogP contribution in [0.3, 0.4) is 0 Å². The van der Waals surface area contributed by atoms with Crippen LogP contribution >= 0.6 is 23.2 Å². The molecule has 1 aliphatic heterocycles. The van der Waals surface area contributed by atoms with E-state index in [0.717, 1.165) is 31.6 Å². The summed E-state index contributed by atoms with van der Waals surface area (Å²) >= 11 is 12.0. The number of halogens is 3. The molecule has 1 saturated heterocycles. The Morgan fingerprint density at radius 1 is 1.04 bits per heavy atom. The third-order valence-electron chi connectivity index (χ3n) is 4.46. The van der Waals surface area contributed by atoms with Crippen molar-refractivity contribution in [1.82, 2.24) is 9.80 Å². The number of hydrogen-bond acceptors (Lipinski definition) is 2. The first-order valence-corrected chi connectivity index (χ1v) is 9.24. The Hall–Kier alpha value is -1.82. The van der Waals surface area contributed by atoms with E-state index < -0.39 is 0 Å². The highest BCUT2D eigenvalue weighted by molar-refractivity contribution is 6.35. The summed E-state index contributed by atoms with van der Waals surface area (Å²) in [6.45, 7) is 3.79. The van der Waals surface area contributed by atoms with Crippen LogP contribution in [-0.4, -0.2) is 48.6 Å². The van der Waals surface area contributed by atoms with Gasteiger partial charge in [0.2, 0.25) is 0 Å². The molecule has 0 aromatic heterocycles. The summed E-state index contributed by atoms with van der Waals surface area (Å²) < 4.78 is 12.9. The molecule has 26 heavy (non-hydrogen) atoms. The quantitative estimate of drug-likeness (QED) is 0.825. The lowest BCUT2D eigenvalue weighted by Crippen LogP contribution is -2.50. The zero-order valence-corrected chi connectivity index (χ0v) is 15.7. The largest absolute Gasteiger partial charge is 0.322 e. The number of benzene rings is 2. The number of urea groups is 1. The lowest BCUT2D eigenvalue weighted by molar-refractivity contribution is 0.148. The third-order valence-corrected chi connectivity index (χ3v) is 5.02. The Morgan fingerprint density at radius 2 is 1.73 bits per heavy atom. The Kier molecular flexibility index (Phi) is 6.35. The second kappa shape index (κ2) is 8.71. The summed E-state index contributed by atoms with van der Waals surface area (Å²) in [5, 5.41) is 3.80. The molecule has 0 spiro atoms. The van der Waals surface area contributed by atoms with Crippen LogP contribution in [-0.2, 0) is 6.42 Å². The topological polar surface area (TPSA) is 35.6 Å². The number of rotatable bonds is 4. The minimum absolute atomic E-state index is 0.174. The van der Waals surface area contributed by atoms with Crippen molar-refractivity contribution in [3.63, 3.8) is 0 Å². The fraction of sp³-hybridized carbons (Fsp3) is 0.316. The highest BCUT2D eigenvalue weighted by atomic mass is 35.5. The maximum atomic E-state index is 12.9. The third kappa shape index (κ3) is 5.10. The average molecular weight is 396 g/mol. The van der Waals surface area contributed by atoms with Gasteiger partial charge in [0.25, 0.3) is 0 Å². The SMILES string of the molecule is O=C(Nc1cc(Cl)ccc1Cl)N1CCN(CCc2ccc(F)cc2)CC1. The van der Waals surface area contributed by atoms with Gasteiger partial charge in [-0.05, 0) is 42.3 Å². The van der Waals surface area contributed by atoms with E-state index in [0.29, 0.717) is 28.8 Å². The van der Waals surface area contributed by atoms with E-state index >= 15 is 0 Å². The minimum Gasteiger partial charge on any atom is -0.322 e. The van der Waals surface area contributed by atoms with E-state index in [1.165, 1.54) is 12.1 Å². The monoisotopic (exact) mass is 395 g/mol. The van der Waals surface area contributed by atoms with Gasteiger partial charge in [0.05, 0.1) is 10.7 Å². The van der Waals surface area contributed by atoms with E-state index in [1.807, 2.05) is 12.1 Å². The number of hydrogen-bond donors (Lipinski definition) is 1. The van der Waals surface area contributed by atoms with Gasteiger partial charge in [-0.3, -0.25) is 4.90 Å². The summed E-state index contributed by atoms with van der Waals surface area (Å²) in [5.74, 6) is -0.215. The van der Waals surface area contributed by atoms with Crippen LogP contribution in [0.25, 0.3) is 0 Å². The highest BCUT2D eigenvalue weighted by Crippen LogP contribution is 2.25. The van der Waals surface area contributed by atoms with E-state index in [2.05, 4.69) is 10.2 Å². The molecule has 0 aliphatic carbocycles. The van der Waals surface area contributed by atoms with Crippen molar-refractivity contribution in [3.8, 4) is 0 Å². The summed E-state index contributed by atoms with van der Waals surface area (Å²) in [7, 11) is 0. The standard InChI is InChI=1S/C19H20Cl2FN3O/c20-15-3-6-17(21)18(13-15)23-19(26)25-11-9-24(10-12-25)8-7-14-1-4-16(22)5-2-14/h1-6,13H,7-12H2,(H,23,26). The molecule has 0 unspecified atom stereocenters. The maximum Gasteiger partial charge on any atom is 0.321 e. The molecule has 3 rings (SSSR count). The van der Waals surface area contributed by atoms with Crippen molar-refractivity contribution in [2.24, 2.45) is 0 Å². The van der Waals surface area contributed by atoms with Gasteiger partial charge in [0.1, 0.15) is 5.82 Å². The van der Waals surface area contributed by atoms with E-state index in [1.54, 1.807) is 23.1 Å². The van der Waals surface area contributed by atoms with Crippen LogP contribution in [0.5, 0.6) is 0 Å². The summed E-state index contributed by atoms with van der Waals surface area (Å²) in [5.41, 5.74) is 1.63. The molecule has 0 radical (unpaired) electrons. The molecule has 0 bridgehead atoms. The number of piperazine rings is 1. The molecule has 0 saturated carbocycles. The molecule has 1 N–H and O–H groups in total. The van der Waals surface area contributed by atoms with E-state index in [9.17, 15) is 9.18 Å². The molecular formula is C19H20Cl2FN3O. The lowest BCUT2D eigenvalue weighted by atomic mass is 10.1. The number of anilines is 1. The number of carbonyl (C=O) groups is 1. The molecule has 1 fully saturated rings. The van der Waals surface area contributed by atoms with Gasteiger partial charge in [-0.15, -0.1) is 0 Å². The average Bonchev–Trinajstić information content (AvgIpc) is 2.64. The first kappa shape index (κ1) is 19.0. The molecule has 2 aromatic carbocycles. The van der Waals surface area contributed by atoms with Gasteiger partial charge in [0, 0.05) is 37.7 Å². The first-order valence-electron chi connectivity index (χ1n) is 8.49. The van der Waals surface area contributed by atoms with Crippen molar-refractivity contribution in [1.29, 1.82) is 0 Å². The molecule has 7 heteroatoms. The molecular weight excluding hydrogens is 376 g/mol. The van der Waals surface area contributed by atoms with Gasteiger partial charge in [-0.25, -0.2) is 9.18 Å². The zero-order chi connectivity index (χ0) is 18.5. The van der Waals surface area contributed by atoms with Crippen molar-refractivity contribution in [3.05, 3.63) is 63.9 Å². The molecule has 138 valence electrons. The van der Waals surface area contributed by atoms with Crippen LogP contribution < -0.4 is 5.32 Å². The predicted molar refractivity (Wildman–Crippen MR) is 104 cm³/mol. The molecule has 0 atom stereocenters. The normalized spacial score (nSPS) is 15.1. The number of amides is 2. The fourth-order valence-electron chi connectivity index (χ4n) is 2.90. The highest BCUT2D eigenvalue weighted by Gasteiger charge is 2.21. The number of nitrogens with zero attached hydrogens (tertiary/aromatic N) is 2. The van der Waals surface area contributed by atoms with Gasteiger partial charge >= 0.3 is 6.03 Å². The summed E-state index contributed by atoms with van der Waals surface area (Å²) in [6.07, 6.45) is 0.866. The smallest absolute Gasteiger partial charge is 0.321 e. The van der Waals surface area contributed by atoms with Gasteiger partial charge < -0.3 is 10.2 Å². The second-order valence-corrected chi connectivity index (χ2v) is 7.10. The Morgan fingerprint density at radius 3 is 2.42 bits per heavy atom. The Bertz CT molecular complexity index is 762. The second-order valence-electron chi connectivity index (χ2n) is 6.26. The summed E-state index contributed by atoms with van der Waals surface area (Å²) in [4.78, 5) is 16.5. The summed E-state index contributed by atoms with van der Waals surface area (Å²) in [6, 6.07) is 11.4. The van der Waals surface area contributed by atoms with Gasteiger partial charge in [0.15, 0.2) is 0 Å². The fourth-order valence-corrected chi connectivity index (χ4v) is 3.24. The van der Waals surface area contributed by atoms with Crippen LogP contribution in [0.1, 0.15) is 5.56 Å². The minimum atomic E-state index is -0.215. The van der Waals surface area contributed by atoms with Crippen LogP contribution in [0, 0.1) is 5.82 Å². The van der Waals surface area contributed by atoms with Gasteiger partial charge in [-0.1, -0.05) is 35.3 Å². The van der Waals surface area contributed by atoms with Crippen molar-refractivity contribution < 1.29 is 9.18 Å². The maximum absolute atomic E-state index is 12.9. The molecule has 1 aliphatic rings. The van der Waals surface area contributed by atoms with Crippen LogP contribution in [0.4, 0.5) is 14.9 Å².